The molecule has 0 saturated carbocycles. The van der Waals surface area contributed by atoms with Gasteiger partial charge in [-0.3, -0.25) is 4.79 Å². The molecule has 1 atom stereocenters. The molecule has 2 aromatic rings. The van der Waals surface area contributed by atoms with Gasteiger partial charge in [0, 0.05) is 18.7 Å². The van der Waals surface area contributed by atoms with E-state index in [9.17, 15) is 14.7 Å². The average Bonchev–Trinajstić information content (AvgIpc) is 2.67. The number of phenolic OH excluding ortho intramolecular Hbond substituents is 1. The summed E-state index contributed by atoms with van der Waals surface area (Å²) in [6, 6.07) is 14.7. The predicted octanol–water partition coefficient (Wildman–Crippen LogP) is 2.15. The summed E-state index contributed by atoms with van der Waals surface area (Å²) in [7, 11) is 0. The van der Waals surface area contributed by atoms with Crippen LogP contribution in [0.25, 0.3) is 0 Å². The van der Waals surface area contributed by atoms with Crippen molar-refractivity contribution >= 4 is 11.9 Å². The van der Waals surface area contributed by atoms with Gasteiger partial charge in [-0.25, -0.2) is 4.79 Å². The molecule has 0 radical (unpaired) electrons. The van der Waals surface area contributed by atoms with Gasteiger partial charge in [0.25, 0.3) is 5.91 Å². The van der Waals surface area contributed by atoms with E-state index in [1.807, 2.05) is 6.07 Å². The van der Waals surface area contributed by atoms with Gasteiger partial charge in [0.2, 0.25) is 6.10 Å². The Hall–Kier alpha value is -2.86. The highest BCUT2D eigenvalue weighted by atomic mass is 16.5. The number of ether oxygens (including phenoxy) is 2. The Kier molecular flexibility index (Phi) is 5.30. The van der Waals surface area contributed by atoms with E-state index in [1.165, 1.54) is 24.3 Å². The lowest BCUT2D eigenvalue weighted by Gasteiger charge is -2.30. The molecule has 0 unspecified atom stereocenters. The number of hydrogen-bond acceptors (Lipinski definition) is 5. The normalized spacial score (nSPS) is 15.4. The molecule has 1 N–H and O–H groups in total. The number of benzene rings is 2. The first-order valence-corrected chi connectivity index (χ1v) is 8.06. The van der Waals surface area contributed by atoms with Gasteiger partial charge in [-0.15, -0.1) is 0 Å². The highest BCUT2D eigenvalue weighted by Crippen LogP contribution is 2.23. The molecule has 1 fully saturated rings. The van der Waals surface area contributed by atoms with Crippen LogP contribution in [-0.2, 0) is 14.3 Å². The number of carbonyl (C=O) groups is 2. The van der Waals surface area contributed by atoms with E-state index in [2.05, 4.69) is 0 Å². The third-order valence-corrected chi connectivity index (χ3v) is 3.98. The number of morpholine rings is 1. The lowest BCUT2D eigenvalue weighted by molar-refractivity contribution is -0.145. The summed E-state index contributed by atoms with van der Waals surface area (Å²) in [6.45, 7) is 1.89. The van der Waals surface area contributed by atoms with Gasteiger partial charge in [-0.1, -0.05) is 30.3 Å². The van der Waals surface area contributed by atoms with Crippen LogP contribution < -0.4 is 0 Å². The van der Waals surface area contributed by atoms with Crippen LogP contribution in [0.2, 0.25) is 0 Å². The van der Waals surface area contributed by atoms with Crippen LogP contribution in [0.3, 0.4) is 0 Å². The second-order valence-corrected chi connectivity index (χ2v) is 5.68. The maximum absolute atomic E-state index is 12.9. The van der Waals surface area contributed by atoms with Gasteiger partial charge in [0.15, 0.2) is 0 Å². The van der Waals surface area contributed by atoms with Crippen molar-refractivity contribution < 1.29 is 24.2 Å². The van der Waals surface area contributed by atoms with Crippen molar-refractivity contribution in [2.24, 2.45) is 0 Å². The van der Waals surface area contributed by atoms with Crippen molar-refractivity contribution in [2.45, 2.75) is 6.10 Å². The summed E-state index contributed by atoms with van der Waals surface area (Å²) in [5.74, 6) is -0.822. The highest BCUT2D eigenvalue weighted by molar-refractivity contribution is 5.92. The summed E-state index contributed by atoms with van der Waals surface area (Å²) >= 11 is 0. The van der Waals surface area contributed by atoms with Gasteiger partial charge in [-0.2, -0.15) is 0 Å². The van der Waals surface area contributed by atoms with Gasteiger partial charge in [0.05, 0.1) is 18.8 Å². The van der Waals surface area contributed by atoms with Crippen molar-refractivity contribution in [1.82, 2.24) is 4.90 Å². The zero-order valence-corrected chi connectivity index (χ0v) is 13.6. The Labute approximate surface area is 145 Å². The maximum Gasteiger partial charge on any atom is 0.339 e. The fourth-order valence-electron chi connectivity index (χ4n) is 2.61. The van der Waals surface area contributed by atoms with Crippen LogP contribution in [0.1, 0.15) is 22.0 Å². The quantitative estimate of drug-likeness (QED) is 0.863. The maximum atomic E-state index is 12.9. The third kappa shape index (κ3) is 4.16. The molecule has 3 rings (SSSR count). The van der Waals surface area contributed by atoms with Crippen LogP contribution in [0.15, 0.2) is 54.6 Å². The predicted molar refractivity (Wildman–Crippen MR) is 90.1 cm³/mol. The molecule has 1 aliphatic rings. The van der Waals surface area contributed by atoms with E-state index in [4.69, 9.17) is 9.47 Å². The molecule has 0 spiro atoms. The molecule has 25 heavy (non-hydrogen) atoms. The van der Waals surface area contributed by atoms with Crippen molar-refractivity contribution in [3.63, 3.8) is 0 Å². The summed E-state index contributed by atoms with van der Waals surface area (Å²) < 4.78 is 10.8. The van der Waals surface area contributed by atoms with E-state index in [0.717, 1.165) is 0 Å². The topological polar surface area (TPSA) is 76.1 Å². The SMILES string of the molecule is O=C(O[C@@H](C(=O)N1CCOCC1)c1ccccc1)c1ccc(O)cc1. The third-order valence-electron chi connectivity index (χ3n) is 3.98. The molecule has 130 valence electrons. The first-order chi connectivity index (χ1) is 12.1. The molecule has 2 aromatic carbocycles. The largest absolute Gasteiger partial charge is 0.508 e. The fraction of sp³-hybridized carbons (Fsp3) is 0.263. The van der Waals surface area contributed by atoms with Crippen LogP contribution in [0.5, 0.6) is 5.75 Å². The Balaban J connectivity index is 1.82. The summed E-state index contributed by atoms with van der Waals surface area (Å²) in [5.41, 5.74) is 0.889. The summed E-state index contributed by atoms with van der Waals surface area (Å²) in [6.07, 6.45) is -1.01. The zero-order chi connectivity index (χ0) is 17.6. The van der Waals surface area contributed by atoms with Gasteiger partial charge >= 0.3 is 5.97 Å². The smallest absolute Gasteiger partial charge is 0.339 e. The lowest BCUT2D eigenvalue weighted by atomic mass is 10.1. The minimum atomic E-state index is -1.01. The number of rotatable bonds is 4. The van der Waals surface area contributed by atoms with Crippen LogP contribution in [-0.4, -0.2) is 48.2 Å². The molecular weight excluding hydrogens is 322 g/mol. The monoisotopic (exact) mass is 341 g/mol. The van der Waals surface area contributed by atoms with Crippen LogP contribution in [0, 0.1) is 0 Å². The Morgan fingerprint density at radius 2 is 1.64 bits per heavy atom. The molecular formula is C19H19NO5. The molecule has 0 bridgehead atoms. The number of amides is 1. The van der Waals surface area contributed by atoms with Crippen LogP contribution >= 0.6 is 0 Å². The first kappa shape index (κ1) is 17.0. The molecule has 6 nitrogen and oxygen atoms in total. The molecule has 1 aliphatic heterocycles. The van der Waals surface area contributed by atoms with Crippen molar-refractivity contribution in [3.8, 4) is 5.75 Å². The molecule has 1 amide bonds. The van der Waals surface area contributed by atoms with Crippen LogP contribution in [0.4, 0.5) is 0 Å². The van der Waals surface area contributed by atoms with E-state index < -0.39 is 12.1 Å². The second kappa shape index (κ2) is 7.81. The zero-order valence-electron chi connectivity index (χ0n) is 13.6. The summed E-state index contributed by atoms with van der Waals surface area (Å²) in [4.78, 5) is 26.9. The Bertz CT molecular complexity index is 723. The first-order valence-electron chi connectivity index (χ1n) is 8.06. The van der Waals surface area contributed by atoms with Gasteiger partial charge in [-0.05, 0) is 24.3 Å². The fourth-order valence-corrected chi connectivity index (χ4v) is 2.61. The van der Waals surface area contributed by atoms with E-state index in [-0.39, 0.29) is 17.2 Å². The van der Waals surface area contributed by atoms with Gasteiger partial charge < -0.3 is 19.5 Å². The molecule has 0 aliphatic carbocycles. The van der Waals surface area contributed by atoms with E-state index in [1.54, 1.807) is 29.2 Å². The number of nitrogens with zero attached hydrogens (tertiary/aromatic N) is 1. The number of hydrogen-bond donors (Lipinski definition) is 1. The standard InChI is InChI=1S/C19H19NO5/c21-16-8-6-15(7-9-16)19(23)25-17(14-4-2-1-3-5-14)18(22)20-10-12-24-13-11-20/h1-9,17,21H,10-13H2/t17-/m1/s1. The second-order valence-electron chi connectivity index (χ2n) is 5.68. The number of aromatic hydroxyl groups is 1. The molecule has 6 heteroatoms. The molecule has 1 saturated heterocycles. The van der Waals surface area contributed by atoms with E-state index in [0.29, 0.717) is 31.9 Å². The number of carbonyl (C=O) groups excluding carboxylic acids is 2. The molecule has 0 aromatic heterocycles. The Morgan fingerprint density at radius 3 is 2.28 bits per heavy atom. The Morgan fingerprint density at radius 1 is 1.00 bits per heavy atom. The molecule has 1 heterocycles. The highest BCUT2D eigenvalue weighted by Gasteiger charge is 2.30. The van der Waals surface area contributed by atoms with Crippen molar-refractivity contribution in [3.05, 3.63) is 65.7 Å². The lowest BCUT2D eigenvalue weighted by Crippen LogP contribution is -2.44. The average molecular weight is 341 g/mol. The number of esters is 1. The van der Waals surface area contributed by atoms with Gasteiger partial charge in [0.1, 0.15) is 5.75 Å². The summed E-state index contributed by atoms with van der Waals surface area (Å²) in [5, 5.41) is 9.33. The minimum Gasteiger partial charge on any atom is -0.508 e. The number of phenols is 1. The minimum absolute atomic E-state index is 0.0561. The van der Waals surface area contributed by atoms with E-state index >= 15 is 0 Å². The van der Waals surface area contributed by atoms with Crippen molar-refractivity contribution in [1.29, 1.82) is 0 Å². The van der Waals surface area contributed by atoms with Crippen molar-refractivity contribution in [2.75, 3.05) is 26.3 Å².